The van der Waals surface area contributed by atoms with Crippen LogP contribution in [0.4, 0.5) is 15.9 Å². The number of nitrogens with two attached hydrogens (primary N) is 1. The van der Waals surface area contributed by atoms with Gasteiger partial charge in [-0.05, 0) is 36.8 Å². The van der Waals surface area contributed by atoms with Gasteiger partial charge < -0.3 is 11.1 Å². The summed E-state index contributed by atoms with van der Waals surface area (Å²) in [6.45, 7) is 2.13. The van der Waals surface area contributed by atoms with Gasteiger partial charge in [-0.1, -0.05) is 12.1 Å². The number of halogens is 1. The van der Waals surface area contributed by atoms with Crippen LogP contribution in [0.5, 0.6) is 0 Å². The summed E-state index contributed by atoms with van der Waals surface area (Å²) in [5, 5.41) is 7.26. The van der Waals surface area contributed by atoms with E-state index in [0.29, 0.717) is 22.8 Å². The zero-order chi connectivity index (χ0) is 18.7. The Balaban J connectivity index is 1.73. The molecule has 0 spiro atoms. The lowest BCUT2D eigenvalue weighted by molar-refractivity contribution is 0.0987. The summed E-state index contributed by atoms with van der Waals surface area (Å²) < 4.78 is 15.8. The molecule has 1 aromatic carbocycles. The summed E-state index contributed by atoms with van der Waals surface area (Å²) in [7, 11) is 1.79. The van der Waals surface area contributed by atoms with Crippen molar-refractivity contribution in [1.29, 1.82) is 0 Å². The fraction of sp³-hybridized carbons (Fsp3) is 0.211. The molecular formula is C19H20FN5O. The van der Waals surface area contributed by atoms with E-state index in [1.54, 1.807) is 48.3 Å². The van der Waals surface area contributed by atoms with Gasteiger partial charge in [0.05, 0.1) is 5.69 Å². The van der Waals surface area contributed by atoms with E-state index in [-0.39, 0.29) is 24.6 Å². The van der Waals surface area contributed by atoms with E-state index in [0.717, 1.165) is 11.3 Å². The van der Waals surface area contributed by atoms with Crippen LogP contribution in [0.1, 0.15) is 27.3 Å². The van der Waals surface area contributed by atoms with Crippen molar-refractivity contribution in [3.63, 3.8) is 0 Å². The zero-order valence-electron chi connectivity index (χ0n) is 14.7. The fourth-order valence-electron chi connectivity index (χ4n) is 2.60. The van der Waals surface area contributed by atoms with Crippen molar-refractivity contribution in [3.8, 4) is 0 Å². The van der Waals surface area contributed by atoms with Crippen molar-refractivity contribution in [3.05, 3.63) is 70.9 Å². The van der Waals surface area contributed by atoms with E-state index in [4.69, 9.17) is 5.73 Å². The number of aromatic nitrogens is 3. The number of ketones is 1. The molecular weight excluding hydrogens is 333 g/mol. The van der Waals surface area contributed by atoms with Gasteiger partial charge >= 0.3 is 0 Å². The monoisotopic (exact) mass is 353 g/mol. The molecule has 3 N–H and O–H groups in total. The normalized spacial score (nSPS) is 10.7. The third kappa shape index (κ3) is 3.88. The highest BCUT2D eigenvalue weighted by atomic mass is 19.1. The Kier molecular flexibility index (Phi) is 4.97. The van der Waals surface area contributed by atoms with Gasteiger partial charge in [0.2, 0.25) is 0 Å². The predicted octanol–water partition coefficient (Wildman–Crippen LogP) is 2.88. The van der Waals surface area contributed by atoms with Gasteiger partial charge in [-0.15, -0.1) is 0 Å². The zero-order valence-corrected chi connectivity index (χ0v) is 14.7. The minimum absolute atomic E-state index is 0.101. The minimum Gasteiger partial charge on any atom is -0.382 e. The number of carbonyl (C=O) groups is 1. The van der Waals surface area contributed by atoms with Crippen LogP contribution in [-0.2, 0) is 20.0 Å². The summed E-state index contributed by atoms with van der Waals surface area (Å²) in [6, 6.07) is 9.94. The Bertz CT molecular complexity index is 931. The topological polar surface area (TPSA) is 85.8 Å². The molecule has 6 nitrogen and oxygen atoms in total. The summed E-state index contributed by atoms with van der Waals surface area (Å²) in [4.78, 5) is 16.4. The quantitative estimate of drug-likeness (QED) is 0.666. The molecule has 0 aliphatic carbocycles. The highest BCUT2D eigenvalue weighted by molar-refractivity contribution is 5.95. The van der Waals surface area contributed by atoms with Crippen LogP contribution < -0.4 is 11.1 Å². The molecule has 0 radical (unpaired) electrons. The number of carbonyl (C=O) groups excluding carboxylic acids is 1. The van der Waals surface area contributed by atoms with Gasteiger partial charge in [0, 0.05) is 37.5 Å². The molecule has 134 valence electrons. The van der Waals surface area contributed by atoms with Crippen LogP contribution in [0, 0.1) is 12.7 Å². The number of hydrogen-bond acceptors (Lipinski definition) is 5. The standard InChI is InChI=1S/C19H20FN5O/c1-12-8-17(24-25(12)2)18(26)10-13-5-6-15(20)14(9-13)11-23-16-4-3-7-22-19(16)21/h3-9,23H,10-11H2,1-2H3,(H2,21,22). The number of Topliss-reactive ketones (excluding diaryl/α,β-unsaturated/α-hetero) is 1. The second-order valence-electron chi connectivity index (χ2n) is 6.11. The smallest absolute Gasteiger partial charge is 0.187 e. The number of hydrogen-bond donors (Lipinski definition) is 2. The summed E-state index contributed by atoms with van der Waals surface area (Å²) in [5.41, 5.74) is 8.92. The lowest BCUT2D eigenvalue weighted by Crippen LogP contribution is -2.08. The maximum absolute atomic E-state index is 14.1. The molecule has 0 bridgehead atoms. The van der Waals surface area contributed by atoms with Gasteiger partial charge in [-0.3, -0.25) is 9.48 Å². The first-order chi connectivity index (χ1) is 12.4. The first kappa shape index (κ1) is 17.6. The highest BCUT2D eigenvalue weighted by Gasteiger charge is 2.13. The number of nitrogen functional groups attached to an aromatic ring is 1. The van der Waals surface area contributed by atoms with Crippen LogP contribution in [0.2, 0.25) is 0 Å². The van der Waals surface area contributed by atoms with Gasteiger partial charge in [-0.25, -0.2) is 9.37 Å². The number of nitrogens with zero attached hydrogens (tertiary/aromatic N) is 3. The number of benzene rings is 1. The van der Waals surface area contributed by atoms with E-state index in [1.165, 1.54) is 6.07 Å². The molecule has 0 saturated heterocycles. The Morgan fingerprint density at radius 2 is 2.12 bits per heavy atom. The lowest BCUT2D eigenvalue weighted by atomic mass is 10.0. The Morgan fingerprint density at radius 1 is 1.31 bits per heavy atom. The van der Waals surface area contributed by atoms with Crippen LogP contribution in [-0.4, -0.2) is 20.5 Å². The van der Waals surface area contributed by atoms with Crippen LogP contribution in [0.3, 0.4) is 0 Å². The van der Waals surface area contributed by atoms with E-state index in [2.05, 4.69) is 15.4 Å². The van der Waals surface area contributed by atoms with Crippen LogP contribution >= 0.6 is 0 Å². The molecule has 0 aliphatic heterocycles. The third-order valence-electron chi connectivity index (χ3n) is 4.18. The molecule has 0 atom stereocenters. The van der Waals surface area contributed by atoms with Gasteiger partial charge in [-0.2, -0.15) is 5.10 Å². The van der Waals surface area contributed by atoms with Crippen molar-refractivity contribution in [1.82, 2.24) is 14.8 Å². The molecule has 2 heterocycles. The molecule has 3 rings (SSSR count). The molecule has 0 saturated carbocycles. The number of rotatable bonds is 6. The van der Waals surface area contributed by atoms with E-state index < -0.39 is 0 Å². The number of nitrogens with one attached hydrogen (secondary N) is 1. The molecule has 0 amide bonds. The average Bonchev–Trinajstić information content (AvgIpc) is 2.96. The van der Waals surface area contributed by atoms with Crippen molar-refractivity contribution >= 4 is 17.3 Å². The number of aryl methyl sites for hydroxylation is 2. The van der Waals surface area contributed by atoms with Gasteiger partial charge in [0.25, 0.3) is 0 Å². The Labute approximate surface area is 150 Å². The van der Waals surface area contributed by atoms with Crippen molar-refractivity contribution in [2.75, 3.05) is 11.1 Å². The van der Waals surface area contributed by atoms with Crippen molar-refractivity contribution in [2.45, 2.75) is 19.9 Å². The number of pyridine rings is 1. The Morgan fingerprint density at radius 3 is 2.81 bits per heavy atom. The van der Waals surface area contributed by atoms with E-state index in [1.807, 2.05) is 6.92 Å². The molecule has 7 heteroatoms. The third-order valence-corrected chi connectivity index (χ3v) is 4.18. The van der Waals surface area contributed by atoms with E-state index in [9.17, 15) is 9.18 Å². The first-order valence-electron chi connectivity index (χ1n) is 8.19. The van der Waals surface area contributed by atoms with Gasteiger partial charge in [0.1, 0.15) is 17.3 Å². The molecule has 26 heavy (non-hydrogen) atoms. The first-order valence-corrected chi connectivity index (χ1v) is 8.19. The fourth-order valence-corrected chi connectivity index (χ4v) is 2.60. The molecule has 3 aromatic rings. The highest BCUT2D eigenvalue weighted by Crippen LogP contribution is 2.18. The van der Waals surface area contributed by atoms with Crippen molar-refractivity contribution in [2.24, 2.45) is 7.05 Å². The molecule has 0 aliphatic rings. The largest absolute Gasteiger partial charge is 0.382 e. The van der Waals surface area contributed by atoms with Gasteiger partial charge in [0.15, 0.2) is 5.78 Å². The number of anilines is 2. The summed E-state index contributed by atoms with van der Waals surface area (Å²) >= 11 is 0. The SMILES string of the molecule is Cc1cc(C(=O)Cc2ccc(F)c(CNc3cccnc3N)c2)nn1C. The van der Waals surface area contributed by atoms with Crippen molar-refractivity contribution < 1.29 is 9.18 Å². The summed E-state index contributed by atoms with van der Waals surface area (Å²) in [5.74, 6) is -0.0923. The minimum atomic E-state index is -0.343. The van der Waals surface area contributed by atoms with E-state index >= 15 is 0 Å². The second-order valence-corrected chi connectivity index (χ2v) is 6.11. The van der Waals surface area contributed by atoms with Crippen LogP contribution in [0.15, 0.2) is 42.6 Å². The molecule has 2 aromatic heterocycles. The van der Waals surface area contributed by atoms with Crippen LogP contribution in [0.25, 0.3) is 0 Å². The predicted molar refractivity (Wildman–Crippen MR) is 98.4 cm³/mol. The maximum Gasteiger partial charge on any atom is 0.187 e. The molecule has 0 fully saturated rings. The molecule has 0 unspecified atom stereocenters. The summed E-state index contributed by atoms with van der Waals surface area (Å²) in [6.07, 6.45) is 1.76. The average molecular weight is 353 g/mol. The second kappa shape index (κ2) is 7.35. The lowest BCUT2D eigenvalue weighted by Gasteiger charge is -2.10. The maximum atomic E-state index is 14.1. The Hall–Kier alpha value is -3.22.